The first-order valence-corrected chi connectivity index (χ1v) is 11.6. The minimum absolute atomic E-state index is 0.0621. The highest BCUT2D eigenvalue weighted by molar-refractivity contribution is 5.81. The molecule has 2 aliphatic heterocycles. The number of nitrogens with zero attached hydrogens (tertiary/aromatic N) is 4. The van der Waals surface area contributed by atoms with Crippen LogP contribution in [0.1, 0.15) is 22.6 Å². The van der Waals surface area contributed by atoms with Crippen LogP contribution in [-0.4, -0.2) is 91.9 Å². The number of fused-ring (bicyclic) bond motifs is 2. The maximum Gasteiger partial charge on any atom is 0.349 e. The number of aliphatic carboxylic acids is 1. The van der Waals surface area contributed by atoms with Crippen LogP contribution in [0.5, 0.6) is 0 Å². The van der Waals surface area contributed by atoms with Crippen molar-refractivity contribution >= 4 is 17.0 Å². The number of nitrogens with two attached hydrogens (primary N) is 1. The summed E-state index contributed by atoms with van der Waals surface area (Å²) in [6, 6.07) is 2.31. The largest absolute Gasteiger partial charge is 0.480 e. The van der Waals surface area contributed by atoms with E-state index in [0.29, 0.717) is 22.6 Å². The van der Waals surface area contributed by atoms with Crippen molar-refractivity contribution in [3.63, 3.8) is 0 Å². The molecule has 9 N–H and O–H groups in total. The summed E-state index contributed by atoms with van der Waals surface area (Å²) in [6.45, 7) is 0.619. The summed E-state index contributed by atoms with van der Waals surface area (Å²) in [6.07, 6.45) is -3.12. The molecule has 2 aliphatic rings. The summed E-state index contributed by atoms with van der Waals surface area (Å²) in [5, 5.41) is 48.7. The van der Waals surface area contributed by atoms with Gasteiger partial charge < -0.3 is 40.8 Å². The van der Waals surface area contributed by atoms with E-state index in [1.807, 2.05) is 11.9 Å². The molecule has 0 amide bonds. The van der Waals surface area contributed by atoms with E-state index in [0.717, 1.165) is 11.1 Å². The second-order valence-electron chi connectivity index (χ2n) is 9.02. The summed E-state index contributed by atoms with van der Waals surface area (Å²) < 4.78 is 1.34. The molecule has 0 aliphatic carbocycles. The Hall–Kier alpha value is -4.02. The van der Waals surface area contributed by atoms with Gasteiger partial charge in [0.2, 0.25) is 0 Å². The fourth-order valence-corrected chi connectivity index (χ4v) is 4.13. The van der Waals surface area contributed by atoms with Gasteiger partial charge in [-0.15, -0.1) is 0 Å². The number of H-pyrrole nitrogens is 2. The SMILES string of the molecule is Cc1cc2nc3c(=O)[nH]c(=O)nc-3n(CC(O)C(O)C(O)CO)c2cc1Cc1ncc(CC(N)C(=O)O)[nH]1. The van der Waals surface area contributed by atoms with Crippen LogP contribution in [0.4, 0.5) is 0 Å². The second kappa shape index (κ2) is 10.8. The van der Waals surface area contributed by atoms with E-state index in [2.05, 4.69) is 19.9 Å². The number of aromatic nitrogens is 6. The Morgan fingerprint density at radius 2 is 1.87 bits per heavy atom. The minimum atomic E-state index is -1.73. The first-order chi connectivity index (χ1) is 18.0. The number of hydrogen-bond donors (Lipinski definition) is 8. The number of carbonyl (C=O) groups is 1. The van der Waals surface area contributed by atoms with Crippen LogP contribution in [-0.2, 0) is 24.2 Å². The molecular formula is C23H27N7O8. The van der Waals surface area contributed by atoms with Crippen molar-refractivity contribution < 1.29 is 30.3 Å². The predicted octanol–water partition coefficient (Wildman–Crippen LogP) is -2.76. The van der Waals surface area contributed by atoms with E-state index in [1.165, 1.54) is 10.8 Å². The van der Waals surface area contributed by atoms with Crippen molar-refractivity contribution in [3.8, 4) is 11.5 Å². The summed E-state index contributed by atoms with van der Waals surface area (Å²) in [5.41, 5.74) is 6.46. The molecule has 1 aromatic carbocycles. The number of aliphatic hydroxyl groups is 4. The molecule has 4 atom stereocenters. The number of aromatic amines is 2. The van der Waals surface area contributed by atoms with Crippen molar-refractivity contribution in [1.29, 1.82) is 0 Å². The normalized spacial score (nSPS) is 15.0. The van der Waals surface area contributed by atoms with E-state index in [-0.39, 0.29) is 24.4 Å². The van der Waals surface area contributed by atoms with Gasteiger partial charge in [-0.2, -0.15) is 4.98 Å². The van der Waals surface area contributed by atoms with Gasteiger partial charge >= 0.3 is 11.7 Å². The Morgan fingerprint density at radius 3 is 2.55 bits per heavy atom. The van der Waals surface area contributed by atoms with E-state index < -0.39 is 54.7 Å². The molecule has 0 radical (unpaired) electrons. The smallest absolute Gasteiger partial charge is 0.349 e. The lowest BCUT2D eigenvalue weighted by Crippen LogP contribution is -2.42. The minimum Gasteiger partial charge on any atom is -0.480 e. The van der Waals surface area contributed by atoms with Crippen LogP contribution in [0.3, 0.4) is 0 Å². The van der Waals surface area contributed by atoms with Crippen molar-refractivity contribution in [2.45, 2.75) is 50.7 Å². The van der Waals surface area contributed by atoms with Gasteiger partial charge in [0.1, 0.15) is 30.2 Å². The third kappa shape index (κ3) is 5.46. The number of aliphatic hydroxyl groups excluding tert-OH is 4. The molecule has 0 fully saturated rings. The molecule has 2 aromatic rings. The standard InChI is InChI=1S/C23H27N7O8/c1-9-2-13-14(3-10(9)4-17-25-6-11(26-17)5-12(24)22(36)37)30(7-15(32)19(34)16(33)8-31)20-18(27-13)21(35)29-23(38)28-20/h2-3,6,12,15-16,19,31-34H,4-5,7-8,24H2,1H3,(H,25,26)(H,36,37)(H,29,35,38). The highest BCUT2D eigenvalue weighted by Crippen LogP contribution is 2.26. The number of rotatable bonds is 10. The summed E-state index contributed by atoms with van der Waals surface area (Å²) >= 11 is 0. The van der Waals surface area contributed by atoms with Crippen molar-refractivity contribution in [3.05, 3.63) is 61.8 Å². The van der Waals surface area contributed by atoms with Gasteiger partial charge in [0.15, 0.2) is 11.5 Å². The first kappa shape index (κ1) is 27.0. The Labute approximate surface area is 213 Å². The van der Waals surface area contributed by atoms with Crippen molar-refractivity contribution in [2.24, 2.45) is 5.73 Å². The van der Waals surface area contributed by atoms with Gasteiger partial charge in [0.05, 0.1) is 24.2 Å². The number of carboxylic acid groups (broad SMARTS) is 1. The van der Waals surface area contributed by atoms with E-state index in [4.69, 9.17) is 15.9 Å². The molecule has 38 heavy (non-hydrogen) atoms. The van der Waals surface area contributed by atoms with Gasteiger partial charge in [-0.3, -0.25) is 14.6 Å². The highest BCUT2D eigenvalue weighted by atomic mass is 16.4. The van der Waals surface area contributed by atoms with E-state index >= 15 is 0 Å². The maximum atomic E-state index is 12.5. The van der Waals surface area contributed by atoms with E-state index in [9.17, 15) is 29.7 Å². The molecular weight excluding hydrogens is 502 g/mol. The number of carboxylic acids is 1. The maximum absolute atomic E-state index is 12.5. The fraction of sp³-hybridized carbons (Fsp3) is 0.391. The van der Waals surface area contributed by atoms with Crippen LogP contribution < -0.4 is 17.0 Å². The molecule has 202 valence electrons. The monoisotopic (exact) mass is 529 g/mol. The first-order valence-electron chi connectivity index (χ1n) is 11.6. The zero-order valence-corrected chi connectivity index (χ0v) is 20.2. The molecule has 1 aromatic heterocycles. The van der Waals surface area contributed by atoms with Crippen molar-refractivity contribution in [2.75, 3.05) is 6.61 Å². The van der Waals surface area contributed by atoms with Gasteiger partial charge in [0.25, 0.3) is 5.56 Å². The van der Waals surface area contributed by atoms with Crippen LogP contribution in [0.2, 0.25) is 0 Å². The second-order valence-corrected chi connectivity index (χ2v) is 9.02. The lowest BCUT2D eigenvalue weighted by molar-refractivity contribution is -0.138. The number of hydrogen-bond acceptors (Lipinski definition) is 11. The molecule has 0 bridgehead atoms. The van der Waals surface area contributed by atoms with Crippen LogP contribution in [0.15, 0.2) is 27.9 Å². The van der Waals surface area contributed by atoms with Crippen LogP contribution in [0, 0.1) is 6.92 Å². The summed E-state index contributed by atoms with van der Waals surface area (Å²) in [7, 11) is 0. The van der Waals surface area contributed by atoms with Crippen LogP contribution in [0.25, 0.3) is 22.6 Å². The number of imidazole rings is 1. The van der Waals surface area contributed by atoms with Gasteiger partial charge in [0, 0.05) is 24.7 Å². The number of aryl methyl sites for hydroxylation is 1. The molecule has 0 spiro atoms. The summed E-state index contributed by atoms with van der Waals surface area (Å²) in [5.74, 6) is -0.754. The van der Waals surface area contributed by atoms with E-state index in [1.54, 1.807) is 12.1 Å². The average Bonchev–Trinajstić information content (AvgIpc) is 3.30. The highest BCUT2D eigenvalue weighted by Gasteiger charge is 2.28. The molecule has 15 heteroatoms. The zero-order valence-electron chi connectivity index (χ0n) is 20.2. The Morgan fingerprint density at radius 1 is 1.13 bits per heavy atom. The lowest BCUT2D eigenvalue weighted by atomic mass is 10.0. The van der Waals surface area contributed by atoms with Crippen LogP contribution >= 0.6 is 0 Å². The zero-order chi connectivity index (χ0) is 27.7. The fourth-order valence-electron chi connectivity index (χ4n) is 4.13. The number of benzene rings is 1. The lowest BCUT2D eigenvalue weighted by Gasteiger charge is -2.25. The Balaban J connectivity index is 1.80. The molecule has 0 saturated carbocycles. The van der Waals surface area contributed by atoms with Gasteiger partial charge in [-0.1, -0.05) is 0 Å². The van der Waals surface area contributed by atoms with Gasteiger partial charge in [-0.25, -0.2) is 14.8 Å². The third-order valence-electron chi connectivity index (χ3n) is 6.21. The molecule has 15 nitrogen and oxygen atoms in total. The molecule has 4 rings (SSSR count). The molecule has 0 saturated heterocycles. The van der Waals surface area contributed by atoms with Crippen molar-refractivity contribution in [1.82, 2.24) is 29.5 Å². The van der Waals surface area contributed by atoms with Gasteiger partial charge in [-0.05, 0) is 30.2 Å². The Bertz CT molecular complexity index is 1560. The Kier molecular flexibility index (Phi) is 7.66. The third-order valence-corrected chi connectivity index (χ3v) is 6.21. The topological polar surface area (TPSA) is 254 Å². The molecule has 3 heterocycles. The summed E-state index contributed by atoms with van der Waals surface area (Å²) in [4.78, 5) is 53.1. The average molecular weight is 530 g/mol. The predicted molar refractivity (Wildman–Crippen MR) is 132 cm³/mol. The quantitative estimate of drug-likeness (QED) is 0.0972. The number of nitrogens with one attached hydrogen (secondary N) is 2. The molecule has 4 unspecified atom stereocenters.